The van der Waals surface area contributed by atoms with Gasteiger partial charge in [-0.15, -0.1) is 11.3 Å². The van der Waals surface area contributed by atoms with E-state index in [4.69, 9.17) is 12.2 Å². The first kappa shape index (κ1) is 15.0. The molecule has 3 rings (SSSR count). The second kappa shape index (κ2) is 5.70. The maximum absolute atomic E-state index is 12.6. The van der Waals surface area contributed by atoms with Gasteiger partial charge in [0.25, 0.3) is 0 Å². The number of benzene rings is 2. The number of rotatable bonds is 2. The molecule has 0 aliphatic rings. The molecule has 3 aromatic rings. The van der Waals surface area contributed by atoms with Gasteiger partial charge in [0.1, 0.15) is 0 Å². The second-order valence-corrected chi connectivity index (χ2v) is 6.41. The van der Waals surface area contributed by atoms with Gasteiger partial charge in [-0.25, -0.2) is 0 Å². The summed E-state index contributed by atoms with van der Waals surface area (Å²) in [6.07, 6.45) is -2.46. The number of nitrogens with one attached hydrogen (secondary N) is 1. The molecular formula is C16H10F3NS2. The second-order valence-electron chi connectivity index (χ2n) is 4.69. The molecule has 1 aromatic heterocycles. The van der Waals surface area contributed by atoms with Gasteiger partial charge in [-0.05, 0) is 41.0 Å². The van der Waals surface area contributed by atoms with Gasteiger partial charge in [-0.2, -0.15) is 13.2 Å². The van der Waals surface area contributed by atoms with E-state index in [0.717, 1.165) is 33.7 Å². The average Bonchev–Trinajstić information content (AvgIpc) is 2.93. The standard InChI is InChI=1S/C16H10F3NS2/c17-16(18,19)13-7-5-11(6-8-13)10-1-3-12(4-2-10)14-9-20-15(21)22-14/h1-9H,(H,20,21). The van der Waals surface area contributed by atoms with Crippen LogP contribution < -0.4 is 0 Å². The van der Waals surface area contributed by atoms with E-state index in [9.17, 15) is 13.2 Å². The van der Waals surface area contributed by atoms with Crippen molar-refractivity contribution in [2.75, 3.05) is 0 Å². The summed E-state index contributed by atoms with van der Waals surface area (Å²) in [5, 5.41) is 0. The molecule has 112 valence electrons. The molecule has 6 heteroatoms. The molecule has 1 heterocycles. The van der Waals surface area contributed by atoms with Crippen LogP contribution in [0, 0.1) is 3.95 Å². The Bertz CT molecular complexity index is 827. The molecule has 1 N–H and O–H groups in total. The number of hydrogen-bond donors (Lipinski definition) is 1. The van der Waals surface area contributed by atoms with E-state index in [2.05, 4.69) is 4.98 Å². The predicted octanol–water partition coefficient (Wildman–Crippen LogP) is 6.16. The average molecular weight is 337 g/mol. The van der Waals surface area contributed by atoms with Gasteiger partial charge < -0.3 is 4.98 Å². The normalized spacial score (nSPS) is 11.6. The summed E-state index contributed by atoms with van der Waals surface area (Å²) in [5.41, 5.74) is 2.01. The van der Waals surface area contributed by atoms with Crippen molar-refractivity contribution in [3.05, 3.63) is 64.2 Å². The molecule has 0 fully saturated rings. The zero-order chi connectivity index (χ0) is 15.7. The lowest BCUT2D eigenvalue weighted by atomic mass is 10.0. The quantitative estimate of drug-likeness (QED) is 0.554. The van der Waals surface area contributed by atoms with Gasteiger partial charge >= 0.3 is 6.18 Å². The SMILES string of the molecule is FC(F)(F)c1ccc(-c2ccc(-c3c[nH]c(=S)s3)cc2)cc1. The summed E-state index contributed by atoms with van der Waals surface area (Å²) in [5.74, 6) is 0. The van der Waals surface area contributed by atoms with Crippen LogP contribution in [-0.2, 0) is 6.18 Å². The lowest BCUT2D eigenvalue weighted by molar-refractivity contribution is -0.137. The number of hydrogen-bond acceptors (Lipinski definition) is 2. The van der Waals surface area contributed by atoms with E-state index < -0.39 is 11.7 Å². The molecule has 0 aliphatic carbocycles. The Morgan fingerprint density at radius 2 is 1.32 bits per heavy atom. The zero-order valence-electron chi connectivity index (χ0n) is 11.1. The van der Waals surface area contributed by atoms with Crippen LogP contribution in [0.5, 0.6) is 0 Å². The Labute approximate surface area is 134 Å². The van der Waals surface area contributed by atoms with Crippen LogP contribution in [0.15, 0.2) is 54.7 Å². The lowest BCUT2D eigenvalue weighted by Crippen LogP contribution is -2.03. The molecule has 0 aliphatic heterocycles. The van der Waals surface area contributed by atoms with Crippen molar-refractivity contribution in [1.29, 1.82) is 0 Å². The molecule has 0 atom stereocenters. The van der Waals surface area contributed by atoms with E-state index in [1.807, 2.05) is 30.5 Å². The molecule has 0 unspecified atom stereocenters. The third-order valence-electron chi connectivity index (χ3n) is 3.24. The first-order chi connectivity index (χ1) is 10.4. The van der Waals surface area contributed by atoms with Crippen molar-refractivity contribution >= 4 is 23.6 Å². The first-order valence-corrected chi connectivity index (χ1v) is 7.62. The fraction of sp³-hybridized carbons (Fsp3) is 0.0625. The Hall–Kier alpha value is -1.92. The van der Waals surface area contributed by atoms with Gasteiger partial charge in [0.15, 0.2) is 3.95 Å². The third-order valence-corrected chi connectivity index (χ3v) is 4.48. The number of thiazole rings is 1. The van der Waals surface area contributed by atoms with Crippen LogP contribution in [0.2, 0.25) is 0 Å². The molecule has 0 bridgehead atoms. The van der Waals surface area contributed by atoms with Crippen molar-refractivity contribution in [1.82, 2.24) is 4.98 Å². The van der Waals surface area contributed by atoms with E-state index in [-0.39, 0.29) is 0 Å². The molecule has 0 spiro atoms. The maximum Gasteiger partial charge on any atom is 0.416 e. The van der Waals surface area contributed by atoms with E-state index >= 15 is 0 Å². The minimum atomic E-state index is -4.31. The van der Waals surface area contributed by atoms with E-state index in [0.29, 0.717) is 3.95 Å². The fourth-order valence-electron chi connectivity index (χ4n) is 2.10. The molecular weight excluding hydrogens is 327 g/mol. The van der Waals surface area contributed by atoms with Crippen LogP contribution >= 0.6 is 23.6 Å². The fourth-order valence-corrected chi connectivity index (χ4v) is 3.12. The molecule has 0 saturated heterocycles. The number of halogens is 3. The van der Waals surface area contributed by atoms with Gasteiger partial charge in [-0.3, -0.25) is 0 Å². The van der Waals surface area contributed by atoms with Crippen LogP contribution in [-0.4, -0.2) is 4.98 Å². The molecule has 2 aromatic carbocycles. The van der Waals surface area contributed by atoms with Crippen molar-refractivity contribution < 1.29 is 13.2 Å². The summed E-state index contributed by atoms with van der Waals surface area (Å²) in [7, 11) is 0. The maximum atomic E-state index is 12.6. The number of aromatic nitrogens is 1. The summed E-state index contributed by atoms with van der Waals surface area (Å²) < 4.78 is 38.4. The highest BCUT2D eigenvalue weighted by atomic mass is 32.1. The number of H-pyrrole nitrogens is 1. The van der Waals surface area contributed by atoms with Gasteiger partial charge in [-0.1, -0.05) is 36.4 Å². The Morgan fingerprint density at radius 3 is 1.77 bits per heavy atom. The summed E-state index contributed by atoms with van der Waals surface area (Å²) in [6.45, 7) is 0. The van der Waals surface area contributed by atoms with E-state index in [1.54, 1.807) is 0 Å². The van der Waals surface area contributed by atoms with Gasteiger partial charge in [0.05, 0.1) is 10.4 Å². The molecule has 0 radical (unpaired) electrons. The third kappa shape index (κ3) is 3.13. The monoisotopic (exact) mass is 337 g/mol. The summed E-state index contributed by atoms with van der Waals surface area (Å²) >= 11 is 6.53. The lowest BCUT2D eigenvalue weighted by Gasteiger charge is -2.08. The first-order valence-electron chi connectivity index (χ1n) is 6.40. The highest BCUT2D eigenvalue weighted by molar-refractivity contribution is 7.73. The Balaban J connectivity index is 1.88. The van der Waals surface area contributed by atoms with Gasteiger partial charge in [0, 0.05) is 6.20 Å². The molecule has 22 heavy (non-hydrogen) atoms. The van der Waals surface area contributed by atoms with Crippen molar-refractivity contribution in [3.63, 3.8) is 0 Å². The van der Waals surface area contributed by atoms with Crippen LogP contribution in [0.4, 0.5) is 13.2 Å². The highest BCUT2D eigenvalue weighted by Gasteiger charge is 2.29. The van der Waals surface area contributed by atoms with Crippen LogP contribution in [0.25, 0.3) is 21.6 Å². The predicted molar refractivity (Wildman–Crippen MR) is 85.4 cm³/mol. The summed E-state index contributed by atoms with van der Waals surface area (Å²) in [4.78, 5) is 3.99. The van der Waals surface area contributed by atoms with Crippen molar-refractivity contribution in [2.24, 2.45) is 0 Å². The van der Waals surface area contributed by atoms with Crippen molar-refractivity contribution in [2.45, 2.75) is 6.18 Å². The Morgan fingerprint density at radius 1 is 0.818 bits per heavy atom. The smallest absolute Gasteiger partial charge is 0.343 e. The number of aromatic amines is 1. The highest BCUT2D eigenvalue weighted by Crippen LogP contribution is 2.32. The number of alkyl halides is 3. The largest absolute Gasteiger partial charge is 0.416 e. The van der Waals surface area contributed by atoms with Crippen molar-refractivity contribution in [3.8, 4) is 21.6 Å². The molecule has 0 amide bonds. The van der Waals surface area contributed by atoms with Crippen LogP contribution in [0.3, 0.4) is 0 Å². The Kier molecular flexibility index (Phi) is 3.88. The molecule has 0 saturated carbocycles. The summed E-state index contributed by atoms with van der Waals surface area (Å²) in [6, 6.07) is 12.8. The zero-order valence-corrected chi connectivity index (χ0v) is 12.8. The minimum Gasteiger partial charge on any atom is -0.343 e. The van der Waals surface area contributed by atoms with Crippen LogP contribution in [0.1, 0.15) is 5.56 Å². The van der Waals surface area contributed by atoms with Gasteiger partial charge in [0.2, 0.25) is 0 Å². The minimum absolute atomic E-state index is 0.639. The topological polar surface area (TPSA) is 15.8 Å². The van der Waals surface area contributed by atoms with E-state index in [1.165, 1.54) is 23.5 Å². The molecule has 1 nitrogen and oxygen atoms in total.